The van der Waals surface area contributed by atoms with E-state index in [-0.39, 0.29) is 11.8 Å². The van der Waals surface area contributed by atoms with Crippen LogP contribution in [0.15, 0.2) is 0 Å². The zero-order valence-corrected chi connectivity index (χ0v) is 11.9. The summed E-state index contributed by atoms with van der Waals surface area (Å²) in [4.78, 5) is 28.9. The Kier molecular flexibility index (Phi) is 6.43. The van der Waals surface area contributed by atoms with E-state index in [1.165, 1.54) is 0 Å². The van der Waals surface area contributed by atoms with Crippen LogP contribution in [0.25, 0.3) is 0 Å². The lowest BCUT2D eigenvalue weighted by Crippen LogP contribution is -2.51. The zero-order valence-electron chi connectivity index (χ0n) is 11.2. The van der Waals surface area contributed by atoms with Crippen LogP contribution in [0.1, 0.15) is 12.8 Å². The van der Waals surface area contributed by atoms with Gasteiger partial charge in [-0.3, -0.25) is 14.5 Å². The molecule has 1 heterocycles. The molecule has 5 nitrogen and oxygen atoms in total. The van der Waals surface area contributed by atoms with Crippen molar-refractivity contribution in [3.05, 3.63) is 0 Å². The molecule has 0 atom stereocenters. The Morgan fingerprint density at radius 1 is 1.17 bits per heavy atom. The lowest BCUT2D eigenvalue weighted by molar-refractivity contribution is -0.134. The van der Waals surface area contributed by atoms with Gasteiger partial charge in [0.15, 0.2) is 0 Å². The van der Waals surface area contributed by atoms with Gasteiger partial charge in [-0.2, -0.15) is 0 Å². The molecule has 1 saturated heterocycles. The number of carbonyl (C=O) groups excluding carboxylic acids is 2. The maximum Gasteiger partial charge on any atom is 0.236 e. The van der Waals surface area contributed by atoms with Gasteiger partial charge in [-0.25, -0.2) is 0 Å². The fraction of sp³-hybridized carbons (Fsp3) is 0.833. The van der Waals surface area contributed by atoms with Crippen LogP contribution in [0.4, 0.5) is 0 Å². The number of piperazine rings is 1. The summed E-state index contributed by atoms with van der Waals surface area (Å²) in [5.74, 6) is 0.814. The Hall–Kier alpha value is -0.810. The van der Waals surface area contributed by atoms with Crippen LogP contribution >= 0.6 is 11.6 Å². The van der Waals surface area contributed by atoms with Crippen molar-refractivity contribution >= 4 is 23.4 Å². The fourth-order valence-electron chi connectivity index (χ4n) is 1.86. The summed E-state index contributed by atoms with van der Waals surface area (Å²) in [7, 11) is 3.52. The minimum absolute atomic E-state index is 0.108. The van der Waals surface area contributed by atoms with E-state index in [0.717, 1.165) is 19.5 Å². The second kappa shape index (κ2) is 7.59. The molecule has 0 saturated carbocycles. The molecule has 0 unspecified atom stereocenters. The highest BCUT2D eigenvalue weighted by molar-refractivity contribution is 6.17. The van der Waals surface area contributed by atoms with Crippen molar-refractivity contribution in [2.24, 2.45) is 0 Å². The number of alkyl halides is 1. The first-order valence-electron chi connectivity index (χ1n) is 6.31. The standard InChI is InChI=1S/C12H22ClN3O2/c1-14(2)12(18)10-15-6-8-16(9-7-15)11(17)4-3-5-13/h3-10H2,1-2H3. The molecule has 1 fully saturated rings. The topological polar surface area (TPSA) is 43.9 Å². The molecule has 0 N–H and O–H groups in total. The molecule has 104 valence electrons. The van der Waals surface area contributed by atoms with Crippen LogP contribution in [0.5, 0.6) is 0 Å². The maximum absolute atomic E-state index is 11.8. The molecule has 1 aliphatic heterocycles. The molecule has 0 bridgehead atoms. The Balaban J connectivity index is 2.28. The summed E-state index contributed by atoms with van der Waals surface area (Å²) in [6, 6.07) is 0. The first-order valence-corrected chi connectivity index (χ1v) is 6.84. The molecule has 0 aromatic carbocycles. The number of amides is 2. The quantitative estimate of drug-likeness (QED) is 0.675. The van der Waals surface area contributed by atoms with Crippen molar-refractivity contribution in [3.63, 3.8) is 0 Å². The van der Waals surface area contributed by atoms with E-state index >= 15 is 0 Å². The summed E-state index contributed by atoms with van der Waals surface area (Å²) < 4.78 is 0. The first kappa shape index (κ1) is 15.2. The minimum Gasteiger partial charge on any atom is -0.348 e. The Bertz CT molecular complexity index is 289. The van der Waals surface area contributed by atoms with Crippen molar-refractivity contribution in [2.45, 2.75) is 12.8 Å². The average molecular weight is 276 g/mol. The van der Waals surface area contributed by atoms with Crippen LogP contribution in [-0.2, 0) is 9.59 Å². The number of nitrogens with zero attached hydrogens (tertiary/aromatic N) is 3. The van der Waals surface area contributed by atoms with Gasteiger partial charge >= 0.3 is 0 Å². The van der Waals surface area contributed by atoms with Crippen molar-refractivity contribution < 1.29 is 9.59 Å². The van der Waals surface area contributed by atoms with Crippen molar-refractivity contribution in [1.82, 2.24) is 14.7 Å². The molecule has 0 spiro atoms. The van der Waals surface area contributed by atoms with Gasteiger partial charge in [-0.15, -0.1) is 11.6 Å². The molecule has 0 aliphatic carbocycles. The van der Waals surface area contributed by atoms with E-state index in [1.54, 1.807) is 19.0 Å². The van der Waals surface area contributed by atoms with Crippen molar-refractivity contribution in [2.75, 3.05) is 52.7 Å². The van der Waals surface area contributed by atoms with E-state index in [4.69, 9.17) is 11.6 Å². The van der Waals surface area contributed by atoms with Crippen molar-refractivity contribution in [3.8, 4) is 0 Å². The Morgan fingerprint density at radius 2 is 1.78 bits per heavy atom. The molecule has 18 heavy (non-hydrogen) atoms. The summed E-state index contributed by atoms with van der Waals surface area (Å²) in [5.41, 5.74) is 0. The van der Waals surface area contributed by atoms with Crippen LogP contribution in [0.2, 0.25) is 0 Å². The monoisotopic (exact) mass is 275 g/mol. The van der Waals surface area contributed by atoms with Gasteiger partial charge in [0.25, 0.3) is 0 Å². The molecule has 1 rings (SSSR count). The SMILES string of the molecule is CN(C)C(=O)CN1CCN(C(=O)CCCCl)CC1. The molecule has 0 aromatic heterocycles. The Morgan fingerprint density at radius 3 is 2.28 bits per heavy atom. The Labute approximate surface area is 114 Å². The number of likely N-dealkylation sites (N-methyl/N-ethyl adjacent to an activating group) is 1. The first-order chi connectivity index (χ1) is 8.54. The summed E-state index contributed by atoms with van der Waals surface area (Å²) >= 11 is 5.57. The highest BCUT2D eigenvalue weighted by Gasteiger charge is 2.22. The smallest absolute Gasteiger partial charge is 0.236 e. The van der Waals surface area contributed by atoms with Gasteiger partial charge in [-0.1, -0.05) is 0 Å². The normalized spacial score (nSPS) is 16.7. The minimum atomic E-state index is 0.108. The third-order valence-electron chi connectivity index (χ3n) is 3.11. The number of halogens is 1. The van der Waals surface area contributed by atoms with Gasteiger partial charge in [0.1, 0.15) is 0 Å². The highest BCUT2D eigenvalue weighted by Crippen LogP contribution is 2.05. The molecule has 1 aliphatic rings. The number of hydrogen-bond acceptors (Lipinski definition) is 3. The predicted molar refractivity (Wildman–Crippen MR) is 71.7 cm³/mol. The third kappa shape index (κ3) is 4.82. The fourth-order valence-corrected chi connectivity index (χ4v) is 2.00. The lowest BCUT2D eigenvalue weighted by Gasteiger charge is -2.34. The van der Waals surface area contributed by atoms with E-state index in [9.17, 15) is 9.59 Å². The second-order valence-corrected chi connectivity index (χ2v) is 5.12. The largest absolute Gasteiger partial charge is 0.348 e. The lowest BCUT2D eigenvalue weighted by atomic mass is 10.2. The number of rotatable bonds is 5. The second-order valence-electron chi connectivity index (χ2n) is 4.74. The molecular formula is C12H22ClN3O2. The van der Waals surface area contributed by atoms with Crippen LogP contribution in [0, 0.1) is 0 Å². The van der Waals surface area contributed by atoms with Crippen molar-refractivity contribution in [1.29, 1.82) is 0 Å². The van der Waals surface area contributed by atoms with E-state index in [0.29, 0.717) is 31.9 Å². The van der Waals surface area contributed by atoms with E-state index in [2.05, 4.69) is 4.90 Å². The van der Waals surface area contributed by atoms with Crippen LogP contribution in [0.3, 0.4) is 0 Å². The maximum atomic E-state index is 11.8. The molecule has 6 heteroatoms. The number of carbonyl (C=O) groups is 2. The van der Waals surface area contributed by atoms with Gasteiger partial charge in [0.05, 0.1) is 6.54 Å². The number of hydrogen-bond donors (Lipinski definition) is 0. The van der Waals surface area contributed by atoms with Crippen LogP contribution in [-0.4, -0.2) is 79.2 Å². The van der Waals surface area contributed by atoms with Gasteiger partial charge in [0.2, 0.25) is 11.8 Å². The summed E-state index contributed by atoms with van der Waals surface area (Å²) in [6.07, 6.45) is 1.26. The average Bonchev–Trinajstić information content (AvgIpc) is 2.36. The highest BCUT2D eigenvalue weighted by atomic mass is 35.5. The van der Waals surface area contributed by atoms with E-state index in [1.807, 2.05) is 4.90 Å². The third-order valence-corrected chi connectivity index (χ3v) is 3.37. The molecule has 0 aromatic rings. The summed E-state index contributed by atoms with van der Waals surface area (Å²) in [6.45, 7) is 3.40. The zero-order chi connectivity index (χ0) is 13.5. The van der Waals surface area contributed by atoms with Gasteiger partial charge < -0.3 is 9.80 Å². The van der Waals surface area contributed by atoms with Crippen LogP contribution < -0.4 is 0 Å². The molecule has 2 amide bonds. The molecule has 0 radical (unpaired) electrons. The predicted octanol–water partition coefficient (Wildman–Crippen LogP) is 0.238. The van der Waals surface area contributed by atoms with Gasteiger partial charge in [0, 0.05) is 52.6 Å². The molecular weight excluding hydrogens is 254 g/mol. The van der Waals surface area contributed by atoms with E-state index < -0.39 is 0 Å². The van der Waals surface area contributed by atoms with Gasteiger partial charge in [-0.05, 0) is 6.42 Å². The summed E-state index contributed by atoms with van der Waals surface area (Å²) in [5, 5.41) is 0.